The fourth-order valence-electron chi connectivity index (χ4n) is 3.10. The lowest BCUT2D eigenvalue weighted by atomic mass is 10.0. The molecule has 0 saturated carbocycles. The van der Waals surface area contributed by atoms with E-state index < -0.39 is 0 Å². The lowest BCUT2D eigenvalue weighted by Gasteiger charge is -2.23. The molecule has 0 amide bonds. The maximum Gasteiger partial charge on any atom is 0.00957 e. The molecule has 0 radical (unpaired) electrons. The van der Waals surface area contributed by atoms with E-state index in [2.05, 4.69) is 4.90 Å². The second-order valence-corrected chi connectivity index (χ2v) is 5.10. The zero-order valence-electron chi connectivity index (χ0n) is 9.51. The molecular formula is C13H25N. The van der Waals surface area contributed by atoms with Gasteiger partial charge >= 0.3 is 0 Å². The fraction of sp³-hybridized carbons (Fsp3) is 1.00. The predicted octanol–water partition coefficient (Wildman–Crippen LogP) is 3.59. The standard InChI is InChI=1S/C13H25N/c1-2-4-6-9-13-10-8-12-14(13)11-7-5-3-1/h13H,1-12H2. The predicted molar refractivity (Wildman–Crippen MR) is 61.5 cm³/mol. The van der Waals surface area contributed by atoms with Crippen LogP contribution in [0.2, 0.25) is 0 Å². The Balaban J connectivity index is 1.80. The first-order valence-electron chi connectivity index (χ1n) is 6.71. The van der Waals surface area contributed by atoms with Crippen molar-refractivity contribution >= 4 is 0 Å². The lowest BCUT2D eigenvalue weighted by Crippen LogP contribution is -2.30. The van der Waals surface area contributed by atoms with Gasteiger partial charge in [-0.25, -0.2) is 0 Å². The molecular weight excluding hydrogens is 170 g/mol. The van der Waals surface area contributed by atoms with E-state index in [-0.39, 0.29) is 0 Å². The molecule has 1 unspecified atom stereocenters. The molecule has 2 heterocycles. The Bertz CT molecular complexity index is 139. The first-order valence-corrected chi connectivity index (χ1v) is 6.71. The van der Waals surface area contributed by atoms with Gasteiger partial charge in [0.2, 0.25) is 0 Å². The van der Waals surface area contributed by atoms with Gasteiger partial charge in [-0.1, -0.05) is 38.5 Å². The number of hydrogen-bond donors (Lipinski definition) is 0. The molecule has 1 atom stereocenters. The summed E-state index contributed by atoms with van der Waals surface area (Å²) in [6.45, 7) is 2.79. The van der Waals surface area contributed by atoms with Crippen LogP contribution < -0.4 is 0 Å². The SMILES string of the molecule is C1CCCCC2CCCN2CCCC1. The molecule has 0 aromatic rings. The van der Waals surface area contributed by atoms with Crippen molar-refractivity contribution in [2.75, 3.05) is 13.1 Å². The molecule has 0 aromatic heterocycles. The third-order valence-electron chi connectivity index (χ3n) is 3.98. The Hall–Kier alpha value is -0.0400. The summed E-state index contributed by atoms with van der Waals surface area (Å²) in [5, 5.41) is 0. The Morgan fingerprint density at radius 2 is 1.14 bits per heavy atom. The first kappa shape index (κ1) is 10.5. The monoisotopic (exact) mass is 195 g/mol. The van der Waals surface area contributed by atoms with Crippen LogP contribution in [-0.4, -0.2) is 24.0 Å². The summed E-state index contributed by atoms with van der Waals surface area (Å²) in [7, 11) is 0. The maximum atomic E-state index is 2.77. The second kappa shape index (κ2) is 5.75. The van der Waals surface area contributed by atoms with Crippen LogP contribution in [0.25, 0.3) is 0 Å². The summed E-state index contributed by atoms with van der Waals surface area (Å²) in [6, 6.07) is 0.966. The Labute approximate surface area is 88.9 Å². The van der Waals surface area contributed by atoms with Gasteiger partial charge in [0.1, 0.15) is 0 Å². The fourth-order valence-corrected chi connectivity index (χ4v) is 3.10. The topological polar surface area (TPSA) is 3.24 Å². The molecule has 2 aliphatic heterocycles. The van der Waals surface area contributed by atoms with Crippen LogP contribution in [0.5, 0.6) is 0 Å². The van der Waals surface area contributed by atoms with Crippen molar-refractivity contribution in [2.45, 2.75) is 70.3 Å². The van der Waals surface area contributed by atoms with Crippen molar-refractivity contribution in [3.05, 3.63) is 0 Å². The van der Waals surface area contributed by atoms with E-state index in [1.165, 1.54) is 77.3 Å². The Morgan fingerprint density at radius 3 is 2.00 bits per heavy atom. The number of fused-ring (bicyclic) bond motifs is 1. The van der Waals surface area contributed by atoms with Gasteiger partial charge in [0, 0.05) is 6.04 Å². The smallest absolute Gasteiger partial charge is 0.00957 e. The highest BCUT2D eigenvalue weighted by Crippen LogP contribution is 2.24. The summed E-state index contributed by atoms with van der Waals surface area (Å²) in [4.78, 5) is 2.77. The van der Waals surface area contributed by atoms with Crippen molar-refractivity contribution in [3.8, 4) is 0 Å². The normalized spacial score (nSPS) is 32.1. The molecule has 2 saturated heterocycles. The maximum absolute atomic E-state index is 2.77. The van der Waals surface area contributed by atoms with Crippen molar-refractivity contribution < 1.29 is 0 Å². The molecule has 2 rings (SSSR count). The van der Waals surface area contributed by atoms with E-state index in [0.717, 1.165) is 6.04 Å². The zero-order valence-corrected chi connectivity index (χ0v) is 9.51. The highest BCUT2D eigenvalue weighted by atomic mass is 15.2. The average molecular weight is 195 g/mol. The van der Waals surface area contributed by atoms with E-state index in [0.29, 0.717) is 0 Å². The van der Waals surface area contributed by atoms with Gasteiger partial charge in [-0.05, 0) is 38.8 Å². The number of nitrogens with zero attached hydrogens (tertiary/aromatic N) is 1. The lowest BCUT2D eigenvalue weighted by molar-refractivity contribution is 0.236. The molecule has 1 heteroatoms. The third-order valence-corrected chi connectivity index (χ3v) is 3.98. The van der Waals surface area contributed by atoms with Gasteiger partial charge in [-0.2, -0.15) is 0 Å². The Morgan fingerprint density at radius 1 is 0.571 bits per heavy atom. The van der Waals surface area contributed by atoms with E-state index in [1.807, 2.05) is 0 Å². The van der Waals surface area contributed by atoms with Gasteiger partial charge < -0.3 is 4.90 Å². The minimum atomic E-state index is 0.966. The summed E-state index contributed by atoms with van der Waals surface area (Å²) in [5.41, 5.74) is 0. The molecule has 2 fully saturated rings. The average Bonchev–Trinajstić information content (AvgIpc) is 2.61. The molecule has 0 bridgehead atoms. The quantitative estimate of drug-likeness (QED) is 0.571. The molecule has 0 spiro atoms. The summed E-state index contributed by atoms with van der Waals surface area (Å²) in [6.07, 6.45) is 14.8. The molecule has 2 aliphatic rings. The van der Waals surface area contributed by atoms with Crippen LogP contribution in [0.15, 0.2) is 0 Å². The summed E-state index contributed by atoms with van der Waals surface area (Å²) in [5.74, 6) is 0. The van der Waals surface area contributed by atoms with E-state index in [1.54, 1.807) is 0 Å². The van der Waals surface area contributed by atoms with Crippen molar-refractivity contribution in [1.82, 2.24) is 4.90 Å². The van der Waals surface area contributed by atoms with E-state index in [9.17, 15) is 0 Å². The van der Waals surface area contributed by atoms with Gasteiger partial charge in [0.25, 0.3) is 0 Å². The van der Waals surface area contributed by atoms with Gasteiger partial charge in [0.05, 0.1) is 0 Å². The highest BCUT2D eigenvalue weighted by molar-refractivity contribution is 4.79. The summed E-state index contributed by atoms with van der Waals surface area (Å²) < 4.78 is 0. The van der Waals surface area contributed by atoms with Crippen molar-refractivity contribution in [2.24, 2.45) is 0 Å². The molecule has 82 valence electrons. The molecule has 0 N–H and O–H groups in total. The Kier molecular flexibility index (Phi) is 4.30. The van der Waals surface area contributed by atoms with E-state index in [4.69, 9.17) is 0 Å². The first-order chi connectivity index (χ1) is 6.97. The highest BCUT2D eigenvalue weighted by Gasteiger charge is 2.23. The number of hydrogen-bond acceptors (Lipinski definition) is 1. The van der Waals surface area contributed by atoms with Crippen LogP contribution in [0.4, 0.5) is 0 Å². The minimum Gasteiger partial charge on any atom is -0.300 e. The van der Waals surface area contributed by atoms with Crippen LogP contribution in [0.1, 0.15) is 64.2 Å². The van der Waals surface area contributed by atoms with Crippen LogP contribution in [0, 0.1) is 0 Å². The number of rotatable bonds is 0. The zero-order chi connectivity index (χ0) is 9.64. The molecule has 0 aliphatic carbocycles. The van der Waals surface area contributed by atoms with Crippen molar-refractivity contribution in [1.29, 1.82) is 0 Å². The van der Waals surface area contributed by atoms with Crippen molar-refractivity contribution in [3.63, 3.8) is 0 Å². The molecule has 0 aromatic carbocycles. The largest absolute Gasteiger partial charge is 0.300 e. The summed E-state index contributed by atoms with van der Waals surface area (Å²) >= 11 is 0. The van der Waals surface area contributed by atoms with Crippen LogP contribution in [-0.2, 0) is 0 Å². The minimum absolute atomic E-state index is 0.966. The van der Waals surface area contributed by atoms with Gasteiger partial charge in [-0.15, -0.1) is 0 Å². The van der Waals surface area contributed by atoms with Crippen LogP contribution >= 0.6 is 0 Å². The van der Waals surface area contributed by atoms with Crippen LogP contribution in [0.3, 0.4) is 0 Å². The molecule has 1 nitrogen and oxygen atoms in total. The molecule has 14 heavy (non-hydrogen) atoms. The van der Waals surface area contributed by atoms with Gasteiger partial charge in [0.15, 0.2) is 0 Å². The second-order valence-electron chi connectivity index (χ2n) is 5.10. The third kappa shape index (κ3) is 2.98. The van der Waals surface area contributed by atoms with Gasteiger partial charge in [-0.3, -0.25) is 0 Å². The van der Waals surface area contributed by atoms with E-state index >= 15 is 0 Å².